The molecule has 0 radical (unpaired) electrons. The number of aryl methyl sites for hydroxylation is 1. The van der Waals surface area contributed by atoms with Gasteiger partial charge in [0.15, 0.2) is 17.3 Å². The van der Waals surface area contributed by atoms with Crippen molar-refractivity contribution in [3.63, 3.8) is 0 Å². The fourth-order valence-electron chi connectivity index (χ4n) is 3.30. The van der Waals surface area contributed by atoms with Crippen molar-refractivity contribution >= 4 is 17.4 Å². The molecule has 1 aromatic heterocycles. The number of nitrogens with zero attached hydrogens (tertiary/aromatic N) is 2. The predicted octanol–water partition coefficient (Wildman–Crippen LogP) is 4.65. The summed E-state index contributed by atoms with van der Waals surface area (Å²) < 4.78 is 18.2. The van der Waals surface area contributed by atoms with E-state index in [1.165, 1.54) is 4.57 Å². The molecule has 0 aliphatic rings. The monoisotopic (exact) mass is 457 g/mol. The summed E-state index contributed by atoms with van der Waals surface area (Å²) in [7, 11) is 1.54. The number of nitrogens with one attached hydrogen (secondary N) is 1. The lowest BCUT2D eigenvalue weighted by Crippen LogP contribution is -2.24. The van der Waals surface area contributed by atoms with Crippen LogP contribution in [0.25, 0.3) is 5.69 Å². The molecular formula is C24H28ClN3O4. The number of hydrogen-bond donors (Lipinski definition) is 1. The lowest BCUT2D eigenvalue weighted by Gasteiger charge is -2.14. The van der Waals surface area contributed by atoms with E-state index in [-0.39, 0.29) is 11.4 Å². The van der Waals surface area contributed by atoms with Crippen LogP contribution < -0.4 is 25.1 Å². The number of hydrogen-bond acceptors (Lipinski definition) is 6. The average Bonchev–Trinajstić information content (AvgIpc) is 2.78. The summed E-state index contributed by atoms with van der Waals surface area (Å²) >= 11 is 6.20. The molecule has 0 unspecified atom stereocenters. The van der Waals surface area contributed by atoms with Crippen molar-refractivity contribution in [3.8, 4) is 22.9 Å². The second kappa shape index (κ2) is 10.9. The molecule has 170 valence electrons. The Hall–Kier alpha value is -3.19. The highest BCUT2D eigenvalue weighted by Crippen LogP contribution is 2.30. The quantitative estimate of drug-likeness (QED) is 0.477. The Kier molecular flexibility index (Phi) is 8.00. The number of benzene rings is 2. The molecule has 0 atom stereocenters. The summed E-state index contributed by atoms with van der Waals surface area (Å²) in [5, 5.41) is 3.72. The molecule has 1 heterocycles. The Morgan fingerprint density at radius 1 is 1.06 bits per heavy atom. The third-order valence-electron chi connectivity index (χ3n) is 4.87. The van der Waals surface area contributed by atoms with Gasteiger partial charge in [-0.2, -0.15) is 0 Å². The van der Waals surface area contributed by atoms with Gasteiger partial charge in [0.1, 0.15) is 5.75 Å². The maximum absolute atomic E-state index is 13.0. The molecule has 0 amide bonds. The van der Waals surface area contributed by atoms with E-state index >= 15 is 0 Å². The first-order chi connectivity index (χ1) is 15.5. The molecule has 2 aromatic carbocycles. The minimum atomic E-state index is -0.269. The van der Waals surface area contributed by atoms with E-state index in [0.717, 1.165) is 22.6 Å². The van der Waals surface area contributed by atoms with Gasteiger partial charge >= 0.3 is 0 Å². The van der Waals surface area contributed by atoms with Gasteiger partial charge in [0.05, 0.1) is 26.0 Å². The van der Waals surface area contributed by atoms with Gasteiger partial charge in [0.25, 0.3) is 5.56 Å². The van der Waals surface area contributed by atoms with Crippen molar-refractivity contribution in [2.24, 2.45) is 0 Å². The normalized spacial score (nSPS) is 10.7. The molecule has 3 aromatic rings. The fourth-order valence-corrected chi connectivity index (χ4v) is 3.45. The molecule has 0 spiro atoms. The van der Waals surface area contributed by atoms with Crippen LogP contribution in [0.5, 0.6) is 17.2 Å². The number of aromatic nitrogens is 2. The first-order valence-electron chi connectivity index (χ1n) is 10.5. The van der Waals surface area contributed by atoms with E-state index in [1.807, 2.05) is 45.0 Å². The van der Waals surface area contributed by atoms with Gasteiger partial charge in [-0.15, -0.1) is 0 Å². The summed E-state index contributed by atoms with van der Waals surface area (Å²) in [5.41, 5.74) is 2.25. The van der Waals surface area contributed by atoms with Crippen LogP contribution in [0.1, 0.15) is 25.0 Å². The lowest BCUT2D eigenvalue weighted by molar-refractivity contribution is 0.287. The molecule has 0 aliphatic carbocycles. The second-order valence-electron chi connectivity index (χ2n) is 7.05. The van der Waals surface area contributed by atoms with Crippen LogP contribution in [0, 0.1) is 6.92 Å². The van der Waals surface area contributed by atoms with E-state index in [4.69, 9.17) is 25.8 Å². The van der Waals surface area contributed by atoms with Crippen LogP contribution in [-0.4, -0.2) is 36.4 Å². The number of rotatable bonds is 10. The molecule has 0 fully saturated rings. The zero-order valence-electron chi connectivity index (χ0n) is 18.8. The van der Waals surface area contributed by atoms with Crippen LogP contribution >= 0.6 is 11.6 Å². The summed E-state index contributed by atoms with van der Waals surface area (Å²) in [6.07, 6.45) is 3.88. The Morgan fingerprint density at radius 3 is 2.53 bits per heavy atom. The summed E-state index contributed by atoms with van der Waals surface area (Å²) in [4.78, 5) is 17.3. The van der Waals surface area contributed by atoms with E-state index < -0.39 is 0 Å². The highest BCUT2D eigenvalue weighted by Gasteiger charge is 2.13. The first-order valence-corrected chi connectivity index (χ1v) is 10.9. The lowest BCUT2D eigenvalue weighted by atomic mass is 10.1. The smallest absolute Gasteiger partial charge is 0.297 e. The zero-order valence-corrected chi connectivity index (χ0v) is 19.5. The molecule has 0 saturated heterocycles. The largest absolute Gasteiger partial charge is 0.495 e. The van der Waals surface area contributed by atoms with Crippen LogP contribution in [0.15, 0.2) is 47.5 Å². The van der Waals surface area contributed by atoms with Gasteiger partial charge in [-0.1, -0.05) is 17.7 Å². The van der Waals surface area contributed by atoms with Gasteiger partial charge in [-0.05, 0) is 56.5 Å². The van der Waals surface area contributed by atoms with Gasteiger partial charge in [0.2, 0.25) is 0 Å². The molecular weight excluding hydrogens is 430 g/mol. The maximum atomic E-state index is 13.0. The number of anilines is 1. The Balaban J connectivity index is 1.77. The number of methoxy groups -OCH3 is 1. The minimum Gasteiger partial charge on any atom is -0.495 e. The molecule has 1 N–H and O–H groups in total. The van der Waals surface area contributed by atoms with Crippen molar-refractivity contribution in [1.82, 2.24) is 9.55 Å². The van der Waals surface area contributed by atoms with Gasteiger partial charge < -0.3 is 19.5 Å². The molecule has 3 rings (SSSR count). The van der Waals surface area contributed by atoms with E-state index in [9.17, 15) is 4.79 Å². The molecule has 0 saturated carbocycles. The third kappa shape index (κ3) is 5.34. The van der Waals surface area contributed by atoms with Crippen LogP contribution in [0.3, 0.4) is 0 Å². The minimum absolute atomic E-state index is 0.262. The third-order valence-corrected chi connectivity index (χ3v) is 5.28. The maximum Gasteiger partial charge on any atom is 0.297 e. The summed E-state index contributed by atoms with van der Waals surface area (Å²) in [6, 6.07) is 9.39. The van der Waals surface area contributed by atoms with Crippen molar-refractivity contribution in [2.45, 2.75) is 27.2 Å². The SMILES string of the molecule is CCOc1ccc(CCNc2nccn(-c3cc(C)c(Cl)cc3OC)c2=O)cc1OCC. The average molecular weight is 458 g/mol. The van der Waals surface area contributed by atoms with Crippen LogP contribution in [-0.2, 0) is 6.42 Å². The highest BCUT2D eigenvalue weighted by molar-refractivity contribution is 6.31. The summed E-state index contributed by atoms with van der Waals surface area (Å²) in [5.74, 6) is 2.22. The molecule has 32 heavy (non-hydrogen) atoms. The zero-order chi connectivity index (χ0) is 23.1. The molecule has 0 aliphatic heterocycles. The van der Waals surface area contributed by atoms with E-state index in [1.54, 1.807) is 25.6 Å². The predicted molar refractivity (Wildman–Crippen MR) is 127 cm³/mol. The van der Waals surface area contributed by atoms with Crippen molar-refractivity contribution in [1.29, 1.82) is 0 Å². The Labute approximate surface area is 192 Å². The first kappa shape index (κ1) is 23.5. The standard InChI is InChI=1S/C24H28ClN3O4/c1-5-31-20-8-7-17(14-22(20)32-6-2)9-10-26-23-24(29)28(12-11-27-23)19-13-16(3)18(25)15-21(19)30-4/h7-8,11-15H,5-6,9-10H2,1-4H3,(H,26,27). The Bertz CT molecular complexity index is 1130. The number of ether oxygens (including phenoxy) is 3. The molecule has 0 bridgehead atoms. The fraction of sp³-hybridized carbons (Fsp3) is 0.333. The van der Waals surface area contributed by atoms with Crippen molar-refractivity contribution in [2.75, 3.05) is 32.2 Å². The highest BCUT2D eigenvalue weighted by atomic mass is 35.5. The Morgan fingerprint density at radius 2 is 1.81 bits per heavy atom. The van der Waals surface area contributed by atoms with Crippen molar-refractivity contribution < 1.29 is 14.2 Å². The van der Waals surface area contributed by atoms with E-state index in [0.29, 0.717) is 42.6 Å². The molecule has 8 heteroatoms. The van der Waals surface area contributed by atoms with Gasteiger partial charge in [-0.25, -0.2) is 4.98 Å². The molecule has 7 nitrogen and oxygen atoms in total. The topological polar surface area (TPSA) is 74.6 Å². The van der Waals surface area contributed by atoms with E-state index in [2.05, 4.69) is 10.3 Å². The summed E-state index contributed by atoms with van der Waals surface area (Å²) in [6.45, 7) is 7.42. The van der Waals surface area contributed by atoms with Crippen LogP contribution in [0.2, 0.25) is 5.02 Å². The number of halogens is 1. The second-order valence-corrected chi connectivity index (χ2v) is 7.46. The van der Waals surface area contributed by atoms with Crippen molar-refractivity contribution in [3.05, 3.63) is 69.2 Å². The van der Waals surface area contributed by atoms with Gasteiger partial charge in [0, 0.05) is 30.0 Å². The van der Waals surface area contributed by atoms with Crippen LogP contribution in [0.4, 0.5) is 5.82 Å². The van der Waals surface area contributed by atoms with Gasteiger partial charge in [-0.3, -0.25) is 9.36 Å².